The molecule has 7 heteroatoms. The number of carbonyl (C=O) groups is 2. The Balaban J connectivity index is 1.69. The molecule has 5 nitrogen and oxygen atoms in total. The van der Waals surface area contributed by atoms with Crippen molar-refractivity contribution < 1.29 is 18.8 Å². The Labute approximate surface area is 263 Å². The summed E-state index contributed by atoms with van der Waals surface area (Å²) in [5.74, 6) is -0.754. The van der Waals surface area contributed by atoms with E-state index in [9.17, 15) is 9.59 Å². The average Bonchev–Trinajstić information content (AvgIpc) is 3.03. The van der Waals surface area contributed by atoms with Gasteiger partial charge in [0.15, 0.2) is 0 Å². The number of carbonyl (C=O) groups excluding carboxylic acids is 2. The number of methoxy groups -OCH3 is 1. The topological polar surface area (TPSA) is 64.6 Å². The monoisotopic (exact) mass is 659 g/mol. The molecule has 43 heavy (non-hydrogen) atoms. The fourth-order valence-corrected chi connectivity index (χ4v) is 12.3. The molecule has 0 aliphatic rings. The first kappa shape index (κ1) is 32.4. The van der Waals surface area contributed by atoms with Crippen molar-refractivity contribution in [3.8, 4) is 0 Å². The Bertz CT molecular complexity index is 1410. The van der Waals surface area contributed by atoms with Crippen LogP contribution in [-0.2, 0) is 14.0 Å². The first-order chi connectivity index (χ1) is 20.7. The quantitative estimate of drug-likeness (QED) is 0.160. The third-order valence-electron chi connectivity index (χ3n) is 7.77. The Kier molecular flexibility index (Phi) is 11.2. The predicted octanol–water partition coefficient (Wildman–Crippen LogP) is 5.13. The van der Waals surface area contributed by atoms with E-state index in [-0.39, 0.29) is 38.9 Å². The Morgan fingerprint density at radius 3 is 1.70 bits per heavy atom. The first-order valence-electron chi connectivity index (χ1n) is 14.6. The van der Waals surface area contributed by atoms with Gasteiger partial charge in [-0.3, -0.25) is 0 Å². The third-order valence-corrected chi connectivity index (χ3v) is 14.9. The molecule has 0 aliphatic heterocycles. The number of esters is 1. The summed E-state index contributed by atoms with van der Waals surface area (Å²) < 4.78 is 13.8. The maximum atomic E-state index is 13.7. The number of amides is 1. The van der Waals surface area contributed by atoms with Crippen molar-refractivity contribution in [1.82, 2.24) is 5.32 Å². The van der Waals surface area contributed by atoms with Gasteiger partial charge in [0.1, 0.15) is 0 Å². The molecule has 0 saturated heterocycles. The van der Waals surface area contributed by atoms with Gasteiger partial charge in [-0.2, -0.15) is 0 Å². The fraction of sp³-hybridized carbons (Fsp3) is 0.278. The van der Waals surface area contributed by atoms with Crippen molar-refractivity contribution in [2.24, 2.45) is 0 Å². The van der Waals surface area contributed by atoms with Crippen LogP contribution in [0.15, 0.2) is 121 Å². The van der Waals surface area contributed by atoms with Crippen molar-refractivity contribution >= 4 is 50.0 Å². The van der Waals surface area contributed by atoms with Gasteiger partial charge in [0.25, 0.3) is 0 Å². The van der Waals surface area contributed by atoms with Crippen LogP contribution in [0.3, 0.4) is 0 Å². The zero-order valence-electron chi connectivity index (χ0n) is 25.4. The van der Waals surface area contributed by atoms with E-state index in [1.54, 1.807) is 12.1 Å². The van der Waals surface area contributed by atoms with Crippen LogP contribution in [0.25, 0.3) is 0 Å². The van der Waals surface area contributed by atoms with E-state index < -0.39 is 19.8 Å². The minimum absolute atomic E-state index is 0.122. The van der Waals surface area contributed by atoms with Crippen LogP contribution in [0.5, 0.6) is 0 Å². The number of hydrogen-bond donors (Lipinski definition) is 1. The van der Waals surface area contributed by atoms with Gasteiger partial charge in [0.2, 0.25) is 0 Å². The fourth-order valence-electron chi connectivity index (χ4n) is 5.58. The van der Waals surface area contributed by atoms with Crippen molar-refractivity contribution in [3.63, 3.8) is 0 Å². The Hall–Kier alpha value is -3.48. The molecule has 1 atom stereocenters. The molecule has 0 bridgehead atoms. The number of rotatable bonds is 13. The molecule has 0 saturated carbocycles. The molecule has 0 fully saturated rings. The second kappa shape index (κ2) is 14.8. The molecule has 0 aromatic heterocycles. The van der Waals surface area contributed by atoms with E-state index in [4.69, 9.17) is 9.16 Å². The summed E-state index contributed by atoms with van der Waals surface area (Å²) in [6, 6.07) is 40.1. The average molecular weight is 659 g/mol. The minimum atomic E-state index is -2.84. The normalized spacial score (nSPS) is 13.1. The van der Waals surface area contributed by atoms with E-state index in [0.717, 1.165) is 15.7 Å². The molecule has 1 N–H and O–H groups in total. The predicted molar refractivity (Wildman–Crippen MR) is 178 cm³/mol. The molecule has 0 aliphatic carbocycles. The number of ether oxygens (including phenoxy) is 1. The van der Waals surface area contributed by atoms with E-state index in [2.05, 4.69) is 86.8 Å². The van der Waals surface area contributed by atoms with Gasteiger partial charge < -0.3 is 0 Å². The van der Waals surface area contributed by atoms with Gasteiger partial charge in [0.05, 0.1) is 0 Å². The summed E-state index contributed by atoms with van der Waals surface area (Å²) in [4.78, 5) is 27.2. The summed E-state index contributed by atoms with van der Waals surface area (Å²) in [7, 11) is -1.46. The Morgan fingerprint density at radius 2 is 1.21 bits per heavy atom. The Morgan fingerprint density at radius 1 is 0.721 bits per heavy atom. The summed E-state index contributed by atoms with van der Waals surface area (Å²) in [5.41, 5.74) is -0.749. The van der Waals surface area contributed by atoms with Crippen molar-refractivity contribution in [3.05, 3.63) is 127 Å². The van der Waals surface area contributed by atoms with E-state index in [0.29, 0.717) is 12.0 Å². The van der Waals surface area contributed by atoms with Crippen molar-refractivity contribution in [2.75, 3.05) is 13.7 Å². The maximum absolute atomic E-state index is 13.7. The summed E-state index contributed by atoms with van der Waals surface area (Å²) in [5, 5.41) is 5.99. The SMILES string of the molecule is COC(=O)[C@@](CCO[Si](c1ccccc1)(c1ccccc1)C(C)(C)C)(CC[Se]c1ccccc1)NC(=O)c1ccccc1. The van der Waals surface area contributed by atoms with Crippen LogP contribution in [0, 0.1) is 0 Å². The zero-order valence-corrected chi connectivity index (χ0v) is 28.1. The van der Waals surface area contributed by atoms with Gasteiger partial charge in [-0.05, 0) is 0 Å². The van der Waals surface area contributed by atoms with Crippen LogP contribution in [0.1, 0.15) is 44.0 Å². The molecule has 4 aromatic rings. The van der Waals surface area contributed by atoms with Gasteiger partial charge in [-0.25, -0.2) is 0 Å². The number of nitrogens with one attached hydrogen (secondary N) is 1. The van der Waals surface area contributed by atoms with Crippen LogP contribution in [0.4, 0.5) is 0 Å². The van der Waals surface area contributed by atoms with Crippen LogP contribution in [0.2, 0.25) is 10.4 Å². The molecule has 4 rings (SSSR count). The molecule has 4 aromatic carbocycles. The molecule has 0 radical (unpaired) electrons. The van der Waals surface area contributed by atoms with E-state index in [1.807, 2.05) is 48.5 Å². The molecule has 0 spiro atoms. The summed E-state index contributed by atoms with van der Waals surface area (Å²) >= 11 is 0.122. The van der Waals surface area contributed by atoms with Gasteiger partial charge >= 0.3 is 264 Å². The molecule has 0 unspecified atom stereocenters. The van der Waals surface area contributed by atoms with E-state index in [1.165, 1.54) is 11.6 Å². The molecular formula is C36H41NO4SeSi. The second-order valence-electron chi connectivity index (χ2n) is 11.6. The van der Waals surface area contributed by atoms with Gasteiger partial charge in [-0.1, -0.05) is 0 Å². The second-order valence-corrected chi connectivity index (χ2v) is 18.3. The van der Waals surface area contributed by atoms with Crippen LogP contribution >= 0.6 is 0 Å². The summed E-state index contributed by atoms with van der Waals surface area (Å²) in [6.45, 7) is 6.96. The zero-order chi connectivity index (χ0) is 30.8. The third kappa shape index (κ3) is 7.73. The van der Waals surface area contributed by atoms with Gasteiger partial charge in [-0.15, -0.1) is 0 Å². The van der Waals surface area contributed by atoms with Crippen LogP contribution < -0.4 is 20.2 Å². The number of hydrogen-bond acceptors (Lipinski definition) is 4. The molecule has 224 valence electrons. The van der Waals surface area contributed by atoms with E-state index >= 15 is 0 Å². The standard InChI is InChI=1S/C36H41NO4SeSi/c1-35(2,3)43(31-21-13-7-14-22-31,32-23-15-8-16-24-32)41-27-25-36(34(39)40-4,26-28-42-30-19-11-6-12-20-30)37-33(38)29-17-9-5-10-18-29/h5-24H,25-28H2,1-4H3,(H,37,38)/t36-/m1/s1. The van der Waals surface area contributed by atoms with Crippen molar-refractivity contribution in [2.45, 2.75) is 49.5 Å². The van der Waals surface area contributed by atoms with Crippen LogP contribution in [-0.4, -0.2) is 54.4 Å². The molecular weight excluding hydrogens is 617 g/mol. The summed E-state index contributed by atoms with van der Waals surface area (Å²) in [6.07, 6.45) is 0.727. The molecule has 0 heterocycles. The van der Waals surface area contributed by atoms with Crippen molar-refractivity contribution in [1.29, 1.82) is 0 Å². The first-order valence-corrected chi connectivity index (χ1v) is 18.6. The molecule has 1 amide bonds. The van der Waals surface area contributed by atoms with Gasteiger partial charge in [0, 0.05) is 0 Å². The number of benzene rings is 4.